The van der Waals surface area contributed by atoms with Crippen molar-refractivity contribution in [2.45, 2.75) is 0 Å². The first kappa shape index (κ1) is 13.5. The molecule has 0 saturated heterocycles. The SMILES string of the molecule is CNc1ccc(F)cc1C(=O)Nc1ccc(Br)cc1. The molecular formula is C14H12BrFN2O. The summed E-state index contributed by atoms with van der Waals surface area (Å²) < 4.78 is 14.1. The van der Waals surface area contributed by atoms with Crippen LogP contribution in [-0.2, 0) is 0 Å². The van der Waals surface area contributed by atoms with E-state index in [1.165, 1.54) is 18.2 Å². The van der Waals surface area contributed by atoms with E-state index in [1.54, 1.807) is 19.2 Å². The van der Waals surface area contributed by atoms with Gasteiger partial charge in [0.05, 0.1) is 5.56 Å². The minimum Gasteiger partial charge on any atom is -0.387 e. The van der Waals surface area contributed by atoms with Crippen LogP contribution in [0.5, 0.6) is 0 Å². The van der Waals surface area contributed by atoms with Crippen LogP contribution in [0.3, 0.4) is 0 Å². The van der Waals surface area contributed by atoms with Gasteiger partial charge in [0.2, 0.25) is 0 Å². The lowest BCUT2D eigenvalue weighted by Gasteiger charge is -2.10. The molecule has 0 saturated carbocycles. The molecule has 0 aromatic heterocycles. The van der Waals surface area contributed by atoms with Crippen molar-refractivity contribution in [3.05, 3.63) is 58.3 Å². The zero-order valence-electron chi connectivity index (χ0n) is 10.2. The molecule has 2 aromatic rings. The highest BCUT2D eigenvalue weighted by molar-refractivity contribution is 9.10. The molecule has 0 bridgehead atoms. The number of halogens is 2. The van der Waals surface area contributed by atoms with Crippen LogP contribution in [0.4, 0.5) is 15.8 Å². The molecule has 1 amide bonds. The van der Waals surface area contributed by atoms with Gasteiger partial charge in [0.1, 0.15) is 5.82 Å². The smallest absolute Gasteiger partial charge is 0.257 e. The maximum atomic E-state index is 13.2. The first-order valence-electron chi connectivity index (χ1n) is 5.64. The maximum Gasteiger partial charge on any atom is 0.257 e. The second-order valence-electron chi connectivity index (χ2n) is 3.90. The zero-order chi connectivity index (χ0) is 13.8. The summed E-state index contributed by atoms with van der Waals surface area (Å²) in [4.78, 5) is 12.1. The summed E-state index contributed by atoms with van der Waals surface area (Å²) >= 11 is 3.32. The number of rotatable bonds is 3. The molecule has 0 heterocycles. The molecule has 0 aliphatic heterocycles. The highest BCUT2D eigenvalue weighted by Gasteiger charge is 2.12. The predicted molar refractivity (Wildman–Crippen MR) is 78.0 cm³/mol. The molecule has 0 unspecified atom stereocenters. The van der Waals surface area contributed by atoms with Gasteiger partial charge in [-0.15, -0.1) is 0 Å². The van der Waals surface area contributed by atoms with E-state index in [4.69, 9.17) is 0 Å². The molecule has 5 heteroatoms. The highest BCUT2D eigenvalue weighted by atomic mass is 79.9. The van der Waals surface area contributed by atoms with Gasteiger partial charge in [-0.1, -0.05) is 15.9 Å². The van der Waals surface area contributed by atoms with Gasteiger partial charge < -0.3 is 10.6 Å². The average molecular weight is 323 g/mol. The Morgan fingerprint density at radius 1 is 1.16 bits per heavy atom. The monoisotopic (exact) mass is 322 g/mol. The Kier molecular flexibility index (Phi) is 4.16. The van der Waals surface area contributed by atoms with Crippen LogP contribution in [0.15, 0.2) is 46.9 Å². The molecule has 3 nitrogen and oxygen atoms in total. The lowest BCUT2D eigenvalue weighted by Crippen LogP contribution is -2.14. The molecule has 2 aromatic carbocycles. The molecule has 2 rings (SSSR count). The molecule has 0 radical (unpaired) electrons. The summed E-state index contributed by atoms with van der Waals surface area (Å²) in [5, 5.41) is 5.58. The summed E-state index contributed by atoms with van der Waals surface area (Å²) in [6.07, 6.45) is 0. The van der Waals surface area contributed by atoms with Crippen LogP contribution in [-0.4, -0.2) is 13.0 Å². The molecule has 2 N–H and O–H groups in total. The first-order chi connectivity index (χ1) is 9.10. The van der Waals surface area contributed by atoms with E-state index in [9.17, 15) is 9.18 Å². The third kappa shape index (κ3) is 3.32. The minimum atomic E-state index is -0.444. The lowest BCUT2D eigenvalue weighted by molar-refractivity contribution is 0.102. The van der Waals surface area contributed by atoms with Crippen molar-refractivity contribution in [2.24, 2.45) is 0 Å². The standard InChI is InChI=1S/C14H12BrFN2O/c1-17-13-7-4-10(16)8-12(13)14(19)18-11-5-2-9(15)3-6-11/h2-8,17H,1H3,(H,18,19). The van der Waals surface area contributed by atoms with Crippen molar-refractivity contribution in [3.63, 3.8) is 0 Å². The van der Waals surface area contributed by atoms with Gasteiger partial charge in [0.15, 0.2) is 0 Å². The van der Waals surface area contributed by atoms with Gasteiger partial charge in [-0.05, 0) is 42.5 Å². The Balaban J connectivity index is 2.24. The molecule has 0 aliphatic carbocycles. The van der Waals surface area contributed by atoms with Gasteiger partial charge in [-0.3, -0.25) is 4.79 Å². The van der Waals surface area contributed by atoms with E-state index >= 15 is 0 Å². The summed E-state index contributed by atoms with van der Waals surface area (Å²) in [5.41, 5.74) is 1.50. The van der Waals surface area contributed by atoms with E-state index in [2.05, 4.69) is 26.6 Å². The number of benzene rings is 2. The van der Waals surface area contributed by atoms with Crippen molar-refractivity contribution in [2.75, 3.05) is 17.7 Å². The number of hydrogen-bond acceptors (Lipinski definition) is 2. The lowest BCUT2D eigenvalue weighted by atomic mass is 10.1. The Morgan fingerprint density at radius 2 is 1.84 bits per heavy atom. The third-order valence-corrected chi connectivity index (χ3v) is 3.13. The van der Waals surface area contributed by atoms with Crippen LogP contribution in [0.1, 0.15) is 10.4 Å². The zero-order valence-corrected chi connectivity index (χ0v) is 11.8. The van der Waals surface area contributed by atoms with E-state index in [1.807, 2.05) is 12.1 Å². The van der Waals surface area contributed by atoms with Gasteiger partial charge in [0.25, 0.3) is 5.91 Å². The molecule has 0 spiro atoms. The van der Waals surface area contributed by atoms with Crippen LogP contribution in [0, 0.1) is 5.82 Å². The van der Waals surface area contributed by atoms with Gasteiger partial charge in [0, 0.05) is 22.9 Å². The van der Waals surface area contributed by atoms with Crippen LogP contribution in [0.25, 0.3) is 0 Å². The fourth-order valence-electron chi connectivity index (χ4n) is 1.65. The Labute approximate surface area is 119 Å². The van der Waals surface area contributed by atoms with E-state index in [0.29, 0.717) is 11.4 Å². The summed E-state index contributed by atoms with van der Waals surface area (Å²) in [7, 11) is 1.68. The molecule has 0 atom stereocenters. The molecule has 98 valence electrons. The van der Waals surface area contributed by atoms with E-state index < -0.39 is 5.82 Å². The minimum absolute atomic E-state index is 0.269. The van der Waals surface area contributed by atoms with Crippen molar-refractivity contribution in [1.29, 1.82) is 0 Å². The first-order valence-corrected chi connectivity index (χ1v) is 6.43. The van der Waals surface area contributed by atoms with Crippen molar-refractivity contribution >= 4 is 33.2 Å². The topological polar surface area (TPSA) is 41.1 Å². The number of hydrogen-bond donors (Lipinski definition) is 2. The second kappa shape index (κ2) is 5.84. The summed E-state index contributed by atoms with van der Waals surface area (Å²) in [5.74, 6) is -0.800. The average Bonchev–Trinajstić information content (AvgIpc) is 2.41. The van der Waals surface area contributed by atoms with E-state index in [-0.39, 0.29) is 11.5 Å². The number of anilines is 2. The Morgan fingerprint density at radius 3 is 2.47 bits per heavy atom. The number of carbonyl (C=O) groups is 1. The van der Waals surface area contributed by atoms with Gasteiger partial charge in [-0.25, -0.2) is 4.39 Å². The fourth-order valence-corrected chi connectivity index (χ4v) is 1.92. The number of carbonyl (C=O) groups excluding carboxylic acids is 1. The fraction of sp³-hybridized carbons (Fsp3) is 0.0714. The van der Waals surface area contributed by atoms with Crippen molar-refractivity contribution in [1.82, 2.24) is 0 Å². The Hall–Kier alpha value is -1.88. The van der Waals surface area contributed by atoms with E-state index in [0.717, 1.165) is 4.47 Å². The maximum absolute atomic E-state index is 13.2. The quantitative estimate of drug-likeness (QED) is 0.900. The van der Waals surface area contributed by atoms with Crippen LogP contribution >= 0.6 is 15.9 Å². The molecule has 0 aliphatic rings. The van der Waals surface area contributed by atoms with Crippen molar-refractivity contribution < 1.29 is 9.18 Å². The second-order valence-corrected chi connectivity index (χ2v) is 4.82. The largest absolute Gasteiger partial charge is 0.387 e. The normalized spacial score (nSPS) is 10.1. The predicted octanol–water partition coefficient (Wildman–Crippen LogP) is 3.88. The third-order valence-electron chi connectivity index (χ3n) is 2.60. The molecular weight excluding hydrogens is 311 g/mol. The molecule has 19 heavy (non-hydrogen) atoms. The Bertz CT molecular complexity index is 599. The van der Waals surface area contributed by atoms with Crippen molar-refractivity contribution in [3.8, 4) is 0 Å². The summed E-state index contributed by atoms with van der Waals surface area (Å²) in [6, 6.07) is 11.2. The molecule has 0 fully saturated rings. The van der Waals surface area contributed by atoms with Crippen LogP contribution < -0.4 is 10.6 Å². The number of nitrogens with one attached hydrogen (secondary N) is 2. The van der Waals surface area contributed by atoms with Gasteiger partial charge >= 0.3 is 0 Å². The van der Waals surface area contributed by atoms with Gasteiger partial charge in [-0.2, -0.15) is 0 Å². The highest BCUT2D eigenvalue weighted by Crippen LogP contribution is 2.19. The summed E-state index contributed by atoms with van der Waals surface area (Å²) in [6.45, 7) is 0. The van der Waals surface area contributed by atoms with Crippen LogP contribution in [0.2, 0.25) is 0 Å². The number of amides is 1.